The molecule has 0 saturated heterocycles. The van der Waals surface area contributed by atoms with Crippen LogP contribution in [0.4, 0.5) is 4.79 Å². The Labute approximate surface area is 131 Å². The Morgan fingerprint density at radius 2 is 1.73 bits per heavy atom. The molecule has 4 heteroatoms. The van der Waals surface area contributed by atoms with Crippen LogP contribution < -0.4 is 10.1 Å². The van der Waals surface area contributed by atoms with Gasteiger partial charge in [0.15, 0.2) is 0 Å². The molecule has 0 aliphatic rings. The Balaban J connectivity index is 1.93. The lowest BCUT2D eigenvalue weighted by atomic mass is 10.0. The van der Waals surface area contributed by atoms with Crippen LogP contribution in [0.15, 0.2) is 48.5 Å². The van der Waals surface area contributed by atoms with Gasteiger partial charge in [0.2, 0.25) is 0 Å². The minimum atomic E-state index is -0.396. The SMILES string of the molecule is CNC(=O)OCCc1ccc(Cc2ccccc2OC)cc1. The van der Waals surface area contributed by atoms with Crippen molar-refractivity contribution in [2.45, 2.75) is 12.8 Å². The number of nitrogens with one attached hydrogen (secondary N) is 1. The van der Waals surface area contributed by atoms with Gasteiger partial charge in [-0.25, -0.2) is 4.79 Å². The molecular formula is C18H21NO3. The van der Waals surface area contributed by atoms with E-state index in [1.807, 2.05) is 18.2 Å². The van der Waals surface area contributed by atoms with Crippen LogP contribution in [0.2, 0.25) is 0 Å². The van der Waals surface area contributed by atoms with Crippen LogP contribution in [0, 0.1) is 0 Å². The molecule has 0 saturated carbocycles. The summed E-state index contributed by atoms with van der Waals surface area (Å²) in [7, 11) is 3.24. The van der Waals surface area contributed by atoms with E-state index in [1.165, 1.54) is 11.1 Å². The molecule has 2 aromatic carbocycles. The quantitative estimate of drug-likeness (QED) is 0.891. The average Bonchev–Trinajstić information content (AvgIpc) is 2.56. The molecule has 4 nitrogen and oxygen atoms in total. The fourth-order valence-corrected chi connectivity index (χ4v) is 2.23. The molecule has 1 amide bonds. The third kappa shape index (κ3) is 4.52. The van der Waals surface area contributed by atoms with Crippen molar-refractivity contribution >= 4 is 6.09 Å². The smallest absolute Gasteiger partial charge is 0.406 e. The van der Waals surface area contributed by atoms with Gasteiger partial charge in [-0.05, 0) is 22.8 Å². The minimum absolute atomic E-state index is 0.380. The van der Waals surface area contributed by atoms with Gasteiger partial charge in [-0.1, -0.05) is 42.5 Å². The van der Waals surface area contributed by atoms with Gasteiger partial charge in [0.25, 0.3) is 0 Å². The number of hydrogen-bond acceptors (Lipinski definition) is 3. The molecule has 2 aromatic rings. The molecule has 0 atom stereocenters. The lowest BCUT2D eigenvalue weighted by molar-refractivity contribution is 0.150. The van der Waals surface area contributed by atoms with Crippen molar-refractivity contribution in [1.29, 1.82) is 0 Å². The lowest BCUT2D eigenvalue weighted by Crippen LogP contribution is -2.20. The summed E-state index contributed by atoms with van der Waals surface area (Å²) in [6, 6.07) is 16.4. The number of rotatable bonds is 6. The van der Waals surface area contributed by atoms with E-state index >= 15 is 0 Å². The summed E-state index contributed by atoms with van der Waals surface area (Å²) in [4.78, 5) is 11.0. The maximum Gasteiger partial charge on any atom is 0.406 e. The van der Waals surface area contributed by atoms with Crippen LogP contribution in [-0.2, 0) is 17.6 Å². The topological polar surface area (TPSA) is 47.6 Å². The van der Waals surface area contributed by atoms with Crippen LogP contribution in [0.1, 0.15) is 16.7 Å². The van der Waals surface area contributed by atoms with Gasteiger partial charge in [-0.2, -0.15) is 0 Å². The summed E-state index contributed by atoms with van der Waals surface area (Å²) in [5.74, 6) is 0.908. The molecule has 0 heterocycles. The van der Waals surface area contributed by atoms with Crippen molar-refractivity contribution in [3.05, 3.63) is 65.2 Å². The van der Waals surface area contributed by atoms with Gasteiger partial charge < -0.3 is 14.8 Å². The Morgan fingerprint density at radius 3 is 2.41 bits per heavy atom. The molecule has 22 heavy (non-hydrogen) atoms. The van der Waals surface area contributed by atoms with Gasteiger partial charge in [-0.3, -0.25) is 0 Å². The van der Waals surface area contributed by atoms with Gasteiger partial charge in [0.1, 0.15) is 5.75 Å². The van der Waals surface area contributed by atoms with Crippen molar-refractivity contribution in [3.63, 3.8) is 0 Å². The van der Waals surface area contributed by atoms with E-state index < -0.39 is 6.09 Å². The number of benzene rings is 2. The summed E-state index contributed by atoms with van der Waals surface area (Å²) in [6.45, 7) is 0.380. The van der Waals surface area contributed by atoms with E-state index in [0.29, 0.717) is 13.0 Å². The van der Waals surface area contributed by atoms with Crippen molar-refractivity contribution in [2.75, 3.05) is 20.8 Å². The van der Waals surface area contributed by atoms with E-state index in [4.69, 9.17) is 9.47 Å². The van der Waals surface area contributed by atoms with Gasteiger partial charge in [0.05, 0.1) is 13.7 Å². The third-order valence-corrected chi connectivity index (χ3v) is 3.44. The van der Waals surface area contributed by atoms with Crippen molar-refractivity contribution in [2.24, 2.45) is 0 Å². The Kier molecular flexibility index (Phi) is 5.83. The largest absolute Gasteiger partial charge is 0.496 e. The van der Waals surface area contributed by atoms with E-state index in [-0.39, 0.29) is 0 Å². The maximum atomic E-state index is 11.0. The molecule has 1 N–H and O–H groups in total. The number of alkyl carbamates (subject to hydrolysis) is 1. The molecule has 0 unspecified atom stereocenters. The summed E-state index contributed by atoms with van der Waals surface area (Å²) < 4.78 is 10.4. The zero-order valence-electron chi connectivity index (χ0n) is 13.0. The van der Waals surface area contributed by atoms with Crippen molar-refractivity contribution in [1.82, 2.24) is 5.32 Å². The standard InChI is InChI=1S/C18H21NO3/c1-19-18(20)22-12-11-14-7-9-15(10-8-14)13-16-5-3-4-6-17(16)21-2/h3-10H,11-13H2,1-2H3,(H,19,20). The number of ether oxygens (including phenoxy) is 2. The molecule has 0 fully saturated rings. The van der Waals surface area contributed by atoms with Crippen LogP contribution in [0.25, 0.3) is 0 Å². The fraction of sp³-hybridized carbons (Fsp3) is 0.278. The number of methoxy groups -OCH3 is 1. The summed E-state index contributed by atoms with van der Waals surface area (Å²) in [5, 5.41) is 2.43. The van der Waals surface area contributed by atoms with Gasteiger partial charge in [-0.15, -0.1) is 0 Å². The highest BCUT2D eigenvalue weighted by Gasteiger charge is 2.04. The second-order valence-corrected chi connectivity index (χ2v) is 4.94. The number of amides is 1. The molecule has 0 radical (unpaired) electrons. The Morgan fingerprint density at radius 1 is 1.05 bits per heavy atom. The first-order valence-corrected chi connectivity index (χ1v) is 7.27. The first-order valence-electron chi connectivity index (χ1n) is 7.27. The van der Waals surface area contributed by atoms with Gasteiger partial charge >= 0.3 is 6.09 Å². The van der Waals surface area contributed by atoms with E-state index in [2.05, 4.69) is 35.6 Å². The summed E-state index contributed by atoms with van der Waals surface area (Å²) >= 11 is 0. The van der Waals surface area contributed by atoms with Gasteiger partial charge in [0, 0.05) is 19.9 Å². The predicted molar refractivity (Wildman–Crippen MR) is 86.4 cm³/mol. The zero-order chi connectivity index (χ0) is 15.8. The Bertz CT molecular complexity index is 608. The van der Waals surface area contributed by atoms with Crippen LogP contribution in [-0.4, -0.2) is 26.9 Å². The second kappa shape index (κ2) is 8.08. The molecule has 0 aromatic heterocycles. The summed E-state index contributed by atoms with van der Waals surface area (Å²) in [6.07, 6.45) is 1.15. The van der Waals surface area contributed by atoms with Crippen LogP contribution in [0.3, 0.4) is 0 Å². The highest BCUT2D eigenvalue weighted by atomic mass is 16.5. The molecule has 0 spiro atoms. The number of hydrogen-bond donors (Lipinski definition) is 1. The predicted octanol–water partition coefficient (Wildman–Crippen LogP) is 3.18. The van der Waals surface area contributed by atoms with E-state index in [9.17, 15) is 4.79 Å². The Hall–Kier alpha value is -2.49. The number of para-hydroxylation sites is 1. The molecule has 0 aliphatic carbocycles. The molecule has 116 valence electrons. The lowest BCUT2D eigenvalue weighted by Gasteiger charge is -2.09. The monoisotopic (exact) mass is 299 g/mol. The molecule has 0 aliphatic heterocycles. The van der Waals surface area contributed by atoms with Crippen LogP contribution in [0.5, 0.6) is 5.75 Å². The molecular weight excluding hydrogens is 278 g/mol. The average molecular weight is 299 g/mol. The summed E-state index contributed by atoms with van der Waals surface area (Å²) in [5.41, 5.74) is 3.54. The first-order chi connectivity index (χ1) is 10.7. The zero-order valence-corrected chi connectivity index (χ0v) is 13.0. The van der Waals surface area contributed by atoms with Crippen molar-refractivity contribution in [3.8, 4) is 5.75 Å². The van der Waals surface area contributed by atoms with E-state index in [1.54, 1.807) is 14.2 Å². The fourth-order valence-electron chi connectivity index (χ4n) is 2.23. The third-order valence-electron chi connectivity index (χ3n) is 3.44. The normalized spacial score (nSPS) is 10.1. The molecule has 0 bridgehead atoms. The van der Waals surface area contributed by atoms with E-state index in [0.717, 1.165) is 17.7 Å². The highest BCUT2D eigenvalue weighted by molar-refractivity contribution is 5.66. The second-order valence-electron chi connectivity index (χ2n) is 4.94. The van der Waals surface area contributed by atoms with Crippen LogP contribution >= 0.6 is 0 Å². The van der Waals surface area contributed by atoms with Crippen molar-refractivity contribution < 1.29 is 14.3 Å². The minimum Gasteiger partial charge on any atom is -0.496 e. The number of carbonyl (C=O) groups excluding carboxylic acids is 1. The maximum absolute atomic E-state index is 11.0. The highest BCUT2D eigenvalue weighted by Crippen LogP contribution is 2.21. The molecule has 2 rings (SSSR count). The first kappa shape index (κ1) is 15.9. The number of carbonyl (C=O) groups is 1.